The zero-order chi connectivity index (χ0) is 21.0. The Labute approximate surface area is 169 Å². The molecule has 6 nitrogen and oxygen atoms in total. The molecule has 0 radical (unpaired) electrons. The Morgan fingerprint density at radius 3 is 2.72 bits per heavy atom. The summed E-state index contributed by atoms with van der Waals surface area (Å²) >= 11 is 0. The Kier molecular flexibility index (Phi) is 5.92. The lowest BCUT2D eigenvalue weighted by atomic mass is 9.72. The van der Waals surface area contributed by atoms with Crippen LogP contribution in [-0.2, 0) is 4.79 Å². The first-order chi connectivity index (χ1) is 13.8. The molecule has 7 heteroatoms. The number of benzene rings is 1. The Bertz CT molecular complexity index is 952. The predicted molar refractivity (Wildman–Crippen MR) is 106 cm³/mol. The second-order valence-corrected chi connectivity index (χ2v) is 7.60. The lowest BCUT2D eigenvalue weighted by molar-refractivity contribution is -0.138. The van der Waals surface area contributed by atoms with Gasteiger partial charge in [-0.15, -0.1) is 0 Å². The predicted octanol–water partition coefficient (Wildman–Crippen LogP) is 3.16. The van der Waals surface area contributed by atoms with Crippen molar-refractivity contribution in [1.29, 1.82) is 5.26 Å². The quantitative estimate of drug-likeness (QED) is 0.863. The highest BCUT2D eigenvalue weighted by molar-refractivity contribution is 5.94. The first kappa shape index (κ1) is 20.5. The van der Waals surface area contributed by atoms with Gasteiger partial charge in [-0.05, 0) is 49.9 Å². The molecule has 0 bridgehead atoms. The maximum atomic E-state index is 13.4. The molecule has 1 saturated carbocycles. The zero-order valence-electron chi connectivity index (χ0n) is 16.5. The average Bonchev–Trinajstić information content (AvgIpc) is 2.73. The molecule has 29 heavy (non-hydrogen) atoms. The maximum absolute atomic E-state index is 13.4. The van der Waals surface area contributed by atoms with E-state index in [1.165, 1.54) is 23.2 Å². The first-order valence-corrected chi connectivity index (χ1v) is 9.50. The van der Waals surface area contributed by atoms with Crippen LogP contribution in [0.25, 0.3) is 11.3 Å². The lowest BCUT2D eigenvalue weighted by Crippen LogP contribution is -2.48. The van der Waals surface area contributed by atoms with Crippen molar-refractivity contribution in [3.63, 3.8) is 0 Å². The minimum absolute atomic E-state index is 0.222. The zero-order valence-corrected chi connectivity index (χ0v) is 16.5. The van der Waals surface area contributed by atoms with Gasteiger partial charge in [-0.1, -0.05) is 12.1 Å². The highest BCUT2D eigenvalue weighted by atomic mass is 19.1. The molecule has 1 fully saturated rings. The Hall–Kier alpha value is -3.27. The molecule has 1 aromatic carbocycles. The van der Waals surface area contributed by atoms with E-state index in [-0.39, 0.29) is 23.7 Å². The molecule has 0 spiro atoms. The van der Waals surface area contributed by atoms with E-state index in [9.17, 15) is 19.2 Å². The number of nitrogens with zero attached hydrogens (tertiary/aromatic N) is 3. The standard InChI is InChI=1S/C22H23FN4O2/c1-27(2)21(29)22(14-24)10-4-7-18(12-22)26-20(28)16-8-9-19(25-13-16)15-5-3-6-17(23)11-15/h3,5-6,8-9,11,13,18H,4,7,10,12H2,1-2H3,(H,26,28). The fourth-order valence-corrected chi connectivity index (χ4v) is 3.79. The third-order valence-corrected chi connectivity index (χ3v) is 5.26. The van der Waals surface area contributed by atoms with Crippen LogP contribution >= 0.6 is 0 Å². The topological polar surface area (TPSA) is 86.1 Å². The van der Waals surface area contributed by atoms with Crippen LogP contribution in [0.5, 0.6) is 0 Å². The number of nitrogens with one attached hydrogen (secondary N) is 1. The Morgan fingerprint density at radius 2 is 2.10 bits per heavy atom. The van der Waals surface area contributed by atoms with Gasteiger partial charge >= 0.3 is 0 Å². The molecule has 1 aromatic heterocycles. The summed E-state index contributed by atoms with van der Waals surface area (Å²) in [5.74, 6) is -0.879. The number of nitriles is 1. The molecule has 2 atom stereocenters. The molecule has 150 valence electrons. The van der Waals surface area contributed by atoms with Crippen molar-refractivity contribution in [3.05, 3.63) is 54.0 Å². The van der Waals surface area contributed by atoms with Crippen molar-refractivity contribution >= 4 is 11.8 Å². The summed E-state index contributed by atoms with van der Waals surface area (Å²) in [5.41, 5.74) is 0.473. The van der Waals surface area contributed by atoms with Crippen molar-refractivity contribution in [2.45, 2.75) is 31.7 Å². The fraction of sp³-hybridized carbons (Fsp3) is 0.364. The smallest absolute Gasteiger partial charge is 0.253 e. The third-order valence-electron chi connectivity index (χ3n) is 5.26. The highest BCUT2D eigenvalue weighted by Crippen LogP contribution is 2.37. The number of amides is 2. The molecule has 2 unspecified atom stereocenters. The van der Waals surface area contributed by atoms with E-state index in [1.807, 2.05) is 0 Å². The molecule has 0 saturated heterocycles. The van der Waals surface area contributed by atoms with Crippen molar-refractivity contribution < 1.29 is 14.0 Å². The summed E-state index contributed by atoms with van der Waals surface area (Å²) in [5, 5.41) is 12.6. The van der Waals surface area contributed by atoms with Gasteiger partial charge in [0.25, 0.3) is 5.91 Å². The molecule has 2 aromatic rings. The first-order valence-electron chi connectivity index (χ1n) is 9.50. The normalized spacial score (nSPS) is 21.1. The van der Waals surface area contributed by atoms with Crippen LogP contribution in [0, 0.1) is 22.6 Å². The number of halogens is 1. The van der Waals surface area contributed by atoms with Gasteiger partial charge in [-0.3, -0.25) is 14.6 Å². The summed E-state index contributed by atoms with van der Waals surface area (Å²) in [6, 6.07) is 11.3. The van der Waals surface area contributed by atoms with Crippen LogP contribution in [0.3, 0.4) is 0 Å². The summed E-state index contributed by atoms with van der Waals surface area (Å²) in [7, 11) is 3.27. The molecule has 0 aliphatic heterocycles. The number of carbonyl (C=O) groups is 2. The van der Waals surface area contributed by atoms with Crippen molar-refractivity contribution in [2.24, 2.45) is 5.41 Å². The monoisotopic (exact) mass is 394 g/mol. The fourth-order valence-electron chi connectivity index (χ4n) is 3.79. The molecule has 1 aliphatic rings. The van der Waals surface area contributed by atoms with Gasteiger partial charge in [0.1, 0.15) is 11.2 Å². The van der Waals surface area contributed by atoms with E-state index in [0.717, 1.165) is 0 Å². The Balaban J connectivity index is 1.70. The van der Waals surface area contributed by atoms with E-state index in [0.29, 0.717) is 42.5 Å². The largest absolute Gasteiger partial charge is 0.349 e. The molecular formula is C22H23FN4O2. The van der Waals surface area contributed by atoms with Gasteiger partial charge in [0.2, 0.25) is 5.91 Å². The minimum Gasteiger partial charge on any atom is -0.349 e. The van der Waals surface area contributed by atoms with E-state index in [4.69, 9.17) is 0 Å². The van der Waals surface area contributed by atoms with E-state index < -0.39 is 5.41 Å². The number of hydrogen-bond donors (Lipinski definition) is 1. The van der Waals surface area contributed by atoms with Crippen LogP contribution < -0.4 is 5.32 Å². The molecular weight excluding hydrogens is 371 g/mol. The van der Waals surface area contributed by atoms with Gasteiger partial charge in [0, 0.05) is 31.9 Å². The number of rotatable bonds is 4. The van der Waals surface area contributed by atoms with Crippen LogP contribution in [0.2, 0.25) is 0 Å². The Morgan fingerprint density at radius 1 is 1.31 bits per heavy atom. The van der Waals surface area contributed by atoms with Gasteiger partial charge in [0.05, 0.1) is 17.3 Å². The molecule has 3 rings (SSSR count). The second-order valence-electron chi connectivity index (χ2n) is 7.60. The number of carbonyl (C=O) groups excluding carboxylic acids is 2. The summed E-state index contributed by atoms with van der Waals surface area (Å²) in [4.78, 5) is 30.8. The molecule has 2 amide bonds. The third kappa shape index (κ3) is 4.43. The van der Waals surface area contributed by atoms with Crippen molar-refractivity contribution in [2.75, 3.05) is 14.1 Å². The maximum Gasteiger partial charge on any atom is 0.253 e. The van der Waals surface area contributed by atoms with E-state index in [2.05, 4.69) is 16.4 Å². The van der Waals surface area contributed by atoms with E-state index >= 15 is 0 Å². The van der Waals surface area contributed by atoms with Crippen LogP contribution in [0.4, 0.5) is 4.39 Å². The SMILES string of the molecule is CN(C)C(=O)C1(C#N)CCCC(NC(=O)c2ccc(-c3cccc(F)c3)nc2)C1. The van der Waals surface area contributed by atoms with Crippen LogP contribution in [0.1, 0.15) is 36.0 Å². The molecule has 1 heterocycles. The number of aromatic nitrogens is 1. The summed E-state index contributed by atoms with van der Waals surface area (Å²) in [6.45, 7) is 0. The van der Waals surface area contributed by atoms with Crippen LogP contribution in [-0.4, -0.2) is 41.8 Å². The average molecular weight is 394 g/mol. The van der Waals surface area contributed by atoms with Crippen molar-refractivity contribution in [1.82, 2.24) is 15.2 Å². The summed E-state index contributed by atoms with van der Waals surface area (Å²) in [6.07, 6.45) is 3.64. The summed E-state index contributed by atoms with van der Waals surface area (Å²) < 4.78 is 13.4. The van der Waals surface area contributed by atoms with E-state index in [1.54, 1.807) is 38.4 Å². The van der Waals surface area contributed by atoms with Gasteiger partial charge in [-0.2, -0.15) is 5.26 Å². The van der Waals surface area contributed by atoms with Crippen LogP contribution in [0.15, 0.2) is 42.6 Å². The number of hydrogen-bond acceptors (Lipinski definition) is 4. The lowest BCUT2D eigenvalue weighted by Gasteiger charge is -2.36. The van der Waals surface area contributed by atoms with Gasteiger partial charge < -0.3 is 10.2 Å². The highest BCUT2D eigenvalue weighted by Gasteiger charge is 2.44. The second kappa shape index (κ2) is 8.39. The molecule has 1 aliphatic carbocycles. The van der Waals surface area contributed by atoms with Gasteiger partial charge in [-0.25, -0.2) is 4.39 Å². The minimum atomic E-state index is -1.10. The molecule has 1 N–H and O–H groups in total. The number of pyridine rings is 1. The van der Waals surface area contributed by atoms with Gasteiger partial charge in [0.15, 0.2) is 0 Å². The van der Waals surface area contributed by atoms with Crippen molar-refractivity contribution in [3.8, 4) is 17.3 Å².